The minimum atomic E-state index is 0.288. The quantitative estimate of drug-likeness (QED) is 0.780. The van der Waals surface area contributed by atoms with Crippen molar-refractivity contribution in [3.63, 3.8) is 0 Å². The minimum absolute atomic E-state index is 0.288. The summed E-state index contributed by atoms with van der Waals surface area (Å²) in [6.45, 7) is 9.48. The van der Waals surface area contributed by atoms with E-state index in [0.29, 0.717) is 23.4 Å². The minimum Gasteiger partial charge on any atom is -0.396 e. The van der Waals surface area contributed by atoms with Crippen molar-refractivity contribution in [3.8, 4) is 0 Å². The van der Waals surface area contributed by atoms with Crippen LogP contribution in [0.4, 0.5) is 0 Å². The molecule has 3 heteroatoms. The molecule has 0 bridgehead atoms. The summed E-state index contributed by atoms with van der Waals surface area (Å²) in [5, 5.41) is 12.9. The first-order valence-electron chi connectivity index (χ1n) is 6.42. The van der Waals surface area contributed by atoms with E-state index in [4.69, 9.17) is 5.11 Å². The van der Waals surface area contributed by atoms with Gasteiger partial charge in [0.2, 0.25) is 0 Å². The van der Waals surface area contributed by atoms with E-state index in [-0.39, 0.29) is 6.61 Å². The molecule has 0 aromatic carbocycles. The van der Waals surface area contributed by atoms with Gasteiger partial charge in [0.15, 0.2) is 0 Å². The van der Waals surface area contributed by atoms with Crippen LogP contribution in [0, 0.1) is 11.3 Å². The van der Waals surface area contributed by atoms with Crippen LogP contribution in [-0.4, -0.2) is 35.3 Å². The predicted octanol–water partition coefficient (Wildman–Crippen LogP) is 2.51. The van der Waals surface area contributed by atoms with Gasteiger partial charge in [0.05, 0.1) is 0 Å². The summed E-state index contributed by atoms with van der Waals surface area (Å²) in [5.74, 6) is 3.09. The SMILES string of the molecule is CC(C)C(CCO)NC1CSCCC1(C)C. The third-order valence-electron chi connectivity index (χ3n) is 3.78. The Morgan fingerprint density at radius 1 is 1.44 bits per heavy atom. The van der Waals surface area contributed by atoms with Crippen LogP contribution < -0.4 is 5.32 Å². The van der Waals surface area contributed by atoms with Gasteiger partial charge < -0.3 is 10.4 Å². The number of thioether (sulfide) groups is 1. The van der Waals surface area contributed by atoms with Gasteiger partial charge in [0, 0.05) is 24.4 Å². The molecule has 1 aliphatic heterocycles. The molecule has 2 nitrogen and oxygen atoms in total. The lowest BCUT2D eigenvalue weighted by Crippen LogP contribution is -2.52. The topological polar surface area (TPSA) is 32.3 Å². The summed E-state index contributed by atoms with van der Waals surface area (Å²) < 4.78 is 0. The Bertz CT molecular complexity index is 206. The first-order valence-corrected chi connectivity index (χ1v) is 7.57. The van der Waals surface area contributed by atoms with E-state index in [1.54, 1.807) is 0 Å². The molecule has 0 aromatic rings. The number of rotatable bonds is 5. The second-order valence-electron chi connectivity index (χ2n) is 5.90. The molecule has 0 spiro atoms. The molecule has 1 fully saturated rings. The lowest BCUT2D eigenvalue weighted by molar-refractivity contribution is 0.185. The fraction of sp³-hybridized carbons (Fsp3) is 1.00. The molecule has 1 heterocycles. The fourth-order valence-corrected chi connectivity index (χ4v) is 3.84. The molecule has 96 valence electrons. The number of hydrogen-bond acceptors (Lipinski definition) is 3. The van der Waals surface area contributed by atoms with Crippen molar-refractivity contribution >= 4 is 11.8 Å². The second kappa shape index (κ2) is 6.27. The van der Waals surface area contributed by atoms with Crippen molar-refractivity contribution in [1.29, 1.82) is 0 Å². The molecule has 16 heavy (non-hydrogen) atoms. The molecule has 0 saturated carbocycles. The summed E-state index contributed by atoms with van der Waals surface area (Å²) in [6.07, 6.45) is 2.16. The predicted molar refractivity (Wildman–Crippen MR) is 73.0 cm³/mol. The molecular weight excluding hydrogens is 218 g/mol. The van der Waals surface area contributed by atoms with Crippen molar-refractivity contribution in [2.45, 2.75) is 52.6 Å². The van der Waals surface area contributed by atoms with Crippen LogP contribution in [0.1, 0.15) is 40.5 Å². The van der Waals surface area contributed by atoms with Crippen LogP contribution in [0.5, 0.6) is 0 Å². The smallest absolute Gasteiger partial charge is 0.0445 e. The lowest BCUT2D eigenvalue weighted by Gasteiger charge is -2.41. The molecule has 2 unspecified atom stereocenters. The van der Waals surface area contributed by atoms with Crippen molar-refractivity contribution in [2.75, 3.05) is 18.1 Å². The van der Waals surface area contributed by atoms with Gasteiger partial charge in [0.1, 0.15) is 0 Å². The van der Waals surface area contributed by atoms with Crippen LogP contribution in [0.15, 0.2) is 0 Å². The average Bonchev–Trinajstić information content (AvgIpc) is 2.19. The molecular formula is C13H27NOS. The Labute approximate surface area is 105 Å². The zero-order valence-corrected chi connectivity index (χ0v) is 11.9. The summed E-state index contributed by atoms with van der Waals surface area (Å²) in [5.41, 5.74) is 0.397. The maximum atomic E-state index is 9.10. The Morgan fingerprint density at radius 2 is 2.12 bits per heavy atom. The Balaban J connectivity index is 2.55. The molecule has 1 aliphatic rings. The zero-order chi connectivity index (χ0) is 12.2. The third kappa shape index (κ3) is 3.94. The lowest BCUT2D eigenvalue weighted by atomic mass is 9.81. The van der Waals surface area contributed by atoms with Gasteiger partial charge in [-0.3, -0.25) is 0 Å². The number of aliphatic hydroxyl groups is 1. The van der Waals surface area contributed by atoms with E-state index in [1.165, 1.54) is 17.9 Å². The third-order valence-corrected chi connectivity index (χ3v) is 4.84. The monoisotopic (exact) mass is 245 g/mol. The van der Waals surface area contributed by atoms with Gasteiger partial charge in [-0.1, -0.05) is 27.7 Å². The molecule has 0 radical (unpaired) electrons. The Kier molecular flexibility index (Phi) is 5.62. The number of aliphatic hydroxyl groups excluding tert-OH is 1. The molecule has 0 aliphatic carbocycles. The fourth-order valence-electron chi connectivity index (χ4n) is 2.22. The number of hydrogen-bond donors (Lipinski definition) is 2. The maximum absolute atomic E-state index is 9.10. The number of nitrogens with one attached hydrogen (secondary N) is 1. The highest BCUT2D eigenvalue weighted by molar-refractivity contribution is 7.99. The van der Waals surface area contributed by atoms with E-state index in [0.717, 1.165) is 6.42 Å². The molecule has 1 saturated heterocycles. The molecule has 1 rings (SSSR count). The van der Waals surface area contributed by atoms with Crippen LogP contribution in [0.25, 0.3) is 0 Å². The summed E-state index contributed by atoms with van der Waals surface area (Å²) >= 11 is 2.05. The van der Waals surface area contributed by atoms with Gasteiger partial charge in [-0.2, -0.15) is 11.8 Å². The van der Waals surface area contributed by atoms with Crippen LogP contribution in [0.3, 0.4) is 0 Å². The average molecular weight is 245 g/mol. The Hall–Kier alpha value is 0.270. The van der Waals surface area contributed by atoms with Gasteiger partial charge >= 0.3 is 0 Å². The van der Waals surface area contributed by atoms with Crippen molar-refractivity contribution in [2.24, 2.45) is 11.3 Å². The molecule has 2 N–H and O–H groups in total. The largest absolute Gasteiger partial charge is 0.396 e. The van der Waals surface area contributed by atoms with E-state index >= 15 is 0 Å². The summed E-state index contributed by atoms with van der Waals surface area (Å²) in [6, 6.07) is 1.04. The standard InChI is InChI=1S/C13H27NOS/c1-10(2)11(5-7-15)14-12-9-16-8-6-13(12,3)4/h10-12,14-15H,5-9H2,1-4H3. The normalized spacial score (nSPS) is 27.0. The van der Waals surface area contributed by atoms with E-state index in [9.17, 15) is 0 Å². The van der Waals surface area contributed by atoms with Crippen LogP contribution in [0.2, 0.25) is 0 Å². The highest BCUT2D eigenvalue weighted by Gasteiger charge is 2.34. The van der Waals surface area contributed by atoms with E-state index in [2.05, 4.69) is 44.8 Å². The summed E-state index contributed by atoms with van der Waals surface area (Å²) in [4.78, 5) is 0. The highest BCUT2D eigenvalue weighted by Crippen LogP contribution is 2.34. The second-order valence-corrected chi connectivity index (χ2v) is 7.05. The summed E-state index contributed by atoms with van der Waals surface area (Å²) in [7, 11) is 0. The van der Waals surface area contributed by atoms with E-state index in [1.807, 2.05) is 0 Å². The molecule has 0 aromatic heterocycles. The first kappa shape index (κ1) is 14.3. The van der Waals surface area contributed by atoms with Crippen molar-refractivity contribution < 1.29 is 5.11 Å². The molecule has 2 atom stereocenters. The van der Waals surface area contributed by atoms with Crippen LogP contribution >= 0.6 is 11.8 Å². The van der Waals surface area contributed by atoms with Crippen LogP contribution in [-0.2, 0) is 0 Å². The Morgan fingerprint density at radius 3 is 2.62 bits per heavy atom. The highest BCUT2D eigenvalue weighted by atomic mass is 32.2. The first-order chi connectivity index (χ1) is 7.47. The van der Waals surface area contributed by atoms with Gasteiger partial charge in [0.25, 0.3) is 0 Å². The van der Waals surface area contributed by atoms with Gasteiger partial charge in [-0.05, 0) is 29.9 Å². The van der Waals surface area contributed by atoms with Gasteiger partial charge in [-0.15, -0.1) is 0 Å². The van der Waals surface area contributed by atoms with E-state index < -0.39 is 0 Å². The van der Waals surface area contributed by atoms with Gasteiger partial charge in [-0.25, -0.2) is 0 Å². The van der Waals surface area contributed by atoms with Crippen molar-refractivity contribution in [1.82, 2.24) is 5.32 Å². The van der Waals surface area contributed by atoms with Crippen molar-refractivity contribution in [3.05, 3.63) is 0 Å². The molecule has 0 amide bonds. The maximum Gasteiger partial charge on any atom is 0.0445 e. The zero-order valence-electron chi connectivity index (χ0n) is 11.1.